The summed E-state index contributed by atoms with van der Waals surface area (Å²) in [4.78, 5) is 16.2. The zero-order valence-corrected chi connectivity index (χ0v) is 13.1. The molecule has 0 aromatic carbocycles. The first kappa shape index (κ1) is 16.6. The molecule has 6 heteroatoms. The maximum absolute atomic E-state index is 12.1. The van der Waals surface area contributed by atoms with Gasteiger partial charge in [-0.3, -0.25) is 14.0 Å². The van der Waals surface area contributed by atoms with Crippen LogP contribution in [-0.2, 0) is 10.8 Å². The first-order valence-corrected chi connectivity index (χ1v) is 8.46. The van der Waals surface area contributed by atoms with Gasteiger partial charge >= 0.3 is 0 Å². The molecule has 1 heterocycles. The van der Waals surface area contributed by atoms with E-state index in [2.05, 4.69) is 22.5 Å². The Morgan fingerprint density at radius 2 is 2.20 bits per heavy atom. The van der Waals surface area contributed by atoms with Crippen molar-refractivity contribution in [3.05, 3.63) is 24.0 Å². The van der Waals surface area contributed by atoms with E-state index in [-0.39, 0.29) is 11.2 Å². The van der Waals surface area contributed by atoms with Crippen molar-refractivity contribution >= 4 is 22.4 Å². The van der Waals surface area contributed by atoms with E-state index in [0.717, 1.165) is 18.7 Å². The van der Waals surface area contributed by atoms with Crippen LogP contribution >= 0.6 is 0 Å². The highest BCUT2D eigenvalue weighted by Gasteiger charge is 2.12. The number of carbonyl (C=O) groups is 1. The monoisotopic (exact) mass is 297 g/mol. The zero-order valence-electron chi connectivity index (χ0n) is 12.3. The molecule has 20 heavy (non-hydrogen) atoms. The van der Waals surface area contributed by atoms with Crippen LogP contribution in [-0.4, -0.2) is 39.7 Å². The number of carbonyl (C=O) groups excluding carboxylic acids is 1. The van der Waals surface area contributed by atoms with Gasteiger partial charge in [-0.25, -0.2) is 0 Å². The van der Waals surface area contributed by atoms with E-state index < -0.39 is 10.8 Å². The van der Waals surface area contributed by atoms with Crippen LogP contribution in [0.4, 0.5) is 5.69 Å². The third-order valence-electron chi connectivity index (χ3n) is 3.03. The summed E-state index contributed by atoms with van der Waals surface area (Å²) >= 11 is 0. The van der Waals surface area contributed by atoms with Crippen LogP contribution in [0.25, 0.3) is 0 Å². The smallest absolute Gasteiger partial charge is 0.253 e. The van der Waals surface area contributed by atoms with Crippen molar-refractivity contribution in [3.63, 3.8) is 0 Å². The fourth-order valence-corrected chi connectivity index (χ4v) is 2.09. The molecular formula is C14H23N3O2S. The van der Waals surface area contributed by atoms with Gasteiger partial charge in [-0.05, 0) is 18.9 Å². The van der Waals surface area contributed by atoms with Gasteiger partial charge in [-0.1, -0.05) is 13.8 Å². The molecule has 2 N–H and O–H groups in total. The summed E-state index contributed by atoms with van der Waals surface area (Å²) in [6, 6.07) is 1.70. The van der Waals surface area contributed by atoms with Crippen LogP contribution in [0.15, 0.2) is 18.5 Å². The average molecular weight is 297 g/mol. The standard InChI is InChI=1S/C14H23N3O2S/c1-4-7-16-13-10-15-8-6-12(13)14(18)17-9-5-11(2)20(3)19/h6,8,10-11,16H,4-5,7,9H2,1-3H3,(H,17,18). The van der Waals surface area contributed by atoms with Crippen molar-refractivity contribution in [2.45, 2.75) is 31.9 Å². The zero-order chi connectivity index (χ0) is 15.0. The fraction of sp³-hybridized carbons (Fsp3) is 0.571. The Morgan fingerprint density at radius 3 is 2.85 bits per heavy atom. The predicted octanol–water partition coefficient (Wildman–Crippen LogP) is 1.79. The van der Waals surface area contributed by atoms with Gasteiger partial charge in [0.25, 0.3) is 5.91 Å². The van der Waals surface area contributed by atoms with E-state index in [0.29, 0.717) is 18.5 Å². The van der Waals surface area contributed by atoms with Gasteiger partial charge < -0.3 is 10.6 Å². The van der Waals surface area contributed by atoms with Gasteiger partial charge in [0.05, 0.1) is 17.4 Å². The SMILES string of the molecule is CCCNc1cnccc1C(=O)NCCC(C)S(C)=O. The normalized spacial score (nSPS) is 13.6. The van der Waals surface area contributed by atoms with Crippen molar-refractivity contribution < 1.29 is 9.00 Å². The van der Waals surface area contributed by atoms with Crippen LogP contribution in [0, 0.1) is 0 Å². The lowest BCUT2D eigenvalue weighted by Gasteiger charge is -2.12. The highest BCUT2D eigenvalue weighted by molar-refractivity contribution is 7.84. The van der Waals surface area contributed by atoms with E-state index in [1.54, 1.807) is 24.7 Å². The molecule has 1 rings (SSSR count). The van der Waals surface area contributed by atoms with Crippen molar-refractivity contribution in [2.24, 2.45) is 0 Å². The average Bonchev–Trinajstić information content (AvgIpc) is 2.45. The number of hydrogen-bond acceptors (Lipinski definition) is 4. The number of nitrogens with one attached hydrogen (secondary N) is 2. The van der Waals surface area contributed by atoms with Crippen molar-refractivity contribution in [3.8, 4) is 0 Å². The van der Waals surface area contributed by atoms with Crippen LogP contribution in [0.1, 0.15) is 37.0 Å². The van der Waals surface area contributed by atoms with E-state index >= 15 is 0 Å². The number of aromatic nitrogens is 1. The summed E-state index contributed by atoms with van der Waals surface area (Å²) in [5, 5.41) is 6.14. The minimum atomic E-state index is -0.852. The number of rotatable bonds is 8. The summed E-state index contributed by atoms with van der Waals surface area (Å²) in [6.07, 6.45) is 6.64. The molecule has 112 valence electrons. The van der Waals surface area contributed by atoms with Crippen molar-refractivity contribution in [1.29, 1.82) is 0 Å². The summed E-state index contributed by atoms with van der Waals surface area (Å²) in [7, 11) is -0.852. The highest BCUT2D eigenvalue weighted by atomic mass is 32.2. The number of pyridine rings is 1. The van der Waals surface area contributed by atoms with Crippen LogP contribution in [0.2, 0.25) is 0 Å². The third-order valence-corrected chi connectivity index (χ3v) is 4.40. The number of amides is 1. The molecule has 0 aliphatic heterocycles. The Balaban J connectivity index is 2.56. The number of nitrogens with zero attached hydrogens (tertiary/aromatic N) is 1. The molecule has 0 bridgehead atoms. The maximum Gasteiger partial charge on any atom is 0.253 e. The quantitative estimate of drug-likeness (QED) is 0.767. The predicted molar refractivity (Wildman–Crippen MR) is 83.5 cm³/mol. The van der Waals surface area contributed by atoms with Gasteiger partial charge in [0.2, 0.25) is 0 Å². The molecule has 1 amide bonds. The number of anilines is 1. The van der Waals surface area contributed by atoms with Gasteiger partial charge in [0, 0.05) is 41.6 Å². The molecule has 0 fully saturated rings. The topological polar surface area (TPSA) is 71.1 Å². The molecule has 2 atom stereocenters. The Morgan fingerprint density at radius 1 is 1.45 bits per heavy atom. The molecule has 0 saturated heterocycles. The Hall–Kier alpha value is -1.43. The lowest BCUT2D eigenvalue weighted by molar-refractivity contribution is 0.0954. The van der Waals surface area contributed by atoms with Crippen LogP contribution < -0.4 is 10.6 Å². The Labute approximate surface area is 123 Å². The van der Waals surface area contributed by atoms with Gasteiger partial charge in [-0.15, -0.1) is 0 Å². The molecule has 1 aromatic rings. The van der Waals surface area contributed by atoms with Gasteiger partial charge in [-0.2, -0.15) is 0 Å². The first-order valence-electron chi connectivity index (χ1n) is 6.84. The largest absolute Gasteiger partial charge is 0.383 e. The summed E-state index contributed by atoms with van der Waals surface area (Å²) < 4.78 is 11.2. The highest BCUT2D eigenvalue weighted by Crippen LogP contribution is 2.13. The van der Waals surface area contributed by atoms with E-state index in [1.807, 2.05) is 6.92 Å². The lowest BCUT2D eigenvalue weighted by Crippen LogP contribution is -2.28. The first-order chi connectivity index (χ1) is 9.56. The summed E-state index contributed by atoms with van der Waals surface area (Å²) in [5.74, 6) is -0.125. The van der Waals surface area contributed by atoms with Crippen molar-refractivity contribution in [2.75, 3.05) is 24.7 Å². The maximum atomic E-state index is 12.1. The van der Waals surface area contributed by atoms with E-state index in [4.69, 9.17) is 0 Å². The number of hydrogen-bond donors (Lipinski definition) is 2. The second kappa shape index (κ2) is 8.68. The minimum Gasteiger partial charge on any atom is -0.383 e. The Kier molecular flexibility index (Phi) is 7.22. The minimum absolute atomic E-state index is 0.0884. The molecule has 0 aliphatic carbocycles. The molecule has 0 saturated carbocycles. The van der Waals surface area contributed by atoms with Crippen molar-refractivity contribution in [1.82, 2.24) is 10.3 Å². The van der Waals surface area contributed by atoms with Crippen LogP contribution in [0.3, 0.4) is 0 Å². The molecule has 0 spiro atoms. The molecular weight excluding hydrogens is 274 g/mol. The fourth-order valence-electron chi connectivity index (χ4n) is 1.64. The molecule has 1 aromatic heterocycles. The van der Waals surface area contributed by atoms with Gasteiger partial charge in [0.15, 0.2) is 0 Å². The molecule has 0 aliphatic rings. The molecule has 2 unspecified atom stereocenters. The molecule has 5 nitrogen and oxygen atoms in total. The van der Waals surface area contributed by atoms with E-state index in [9.17, 15) is 9.00 Å². The van der Waals surface area contributed by atoms with Crippen LogP contribution in [0.5, 0.6) is 0 Å². The second-order valence-electron chi connectivity index (χ2n) is 4.70. The van der Waals surface area contributed by atoms with Gasteiger partial charge in [0.1, 0.15) is 0 Å². The summed E-state index contributed by atoms with van der Waals surface area (Å²) in [6.45, 7) is 5.31. The molecule has 0 radical (unpaired) electrons. The second-order valence-corrected chi connectivity index (χ2v) is 6.50. The third kappa shape index (κ3) is 5.28. The Bertz CT molecular complexity index is 465. The summed E-state index contributed by atoms with van der Waals surface area (Å²) in [5.41, 5.74) is 1.35. The van der Waals surface area contributed by atoms with E-state index in [1.165, 1.54) is 0 Å². The lowest BCUT2D eigenvalue weighted by atomic mass is 10.2.